The van der Waals surface area contributed by atoms with Crippen molar-refractivity contribution in [3.63, 3.8) is 0 Å². The predicted octanol–water partition coefficient (Wildman–Crippen LogP) is 7.56. The lowest BCUT2D eigenvalue weighted by atomic mass is 9.99. The van der Waals surface area contributed by atoms with Crippen LogP contribution in [0.5, 0.6) is 0 Å². The van der Waals surface area contributed by atoms with E-state index in [9.17, 15) is 14.7 Å². The lowest BCUT2D eigenvalue weighted by Crippen LogP contribution is -2.35. The highest BCUT2D eigenvalue weighted by atomic mass is 31.2. The van der Waals surface area contributed by atoms with Crippen LogP contribution in [-0.2, 0) is 29.5 Å². The van der Waals surface area contributed by atoms with Gasteiger partial charge in [-0.25, -0.2) is 14.1 Å². The summed E-state index contributed by atoms with van der Waals surface area (Å²) in [5.41, 5.74) is 5.87. The van der Waals surface area contributed by atoms with Crippen molar-refractivity contribution in [2.75, 3.05) is 39.3 Å². The van der Waals surface area contributed by atoms with E-state index in [1.807, 2.05) is 6.07 Å². The Morgan fingerprint density at radius 2 is 1.50 bits per heavy atom. The molecule has 0 aromatic carbocycles. The topological polar surface area (TPSA) is 154 Å². The number of phosphoric acid groups is 1. The van der Waals surface area contributed by atoms with Crippen molar-refractivity contribution in [3.8, 4) is 6.07 Å². The van der Waals surface area contributed by atoms with Gasteiger partial charge in [-0.15, -0.1) is 0 Å². The Labute approximate surface area is 264 Å². The fourth-order valence-electron chi connectivity index (χ4n) is 5.18. The molecule has 2 aromatic heterocycles. The molecule has 2 aromatic rings. The molecule has 12 heteroatoms. The highest BCUT2D eigenvalue weighted by molar-refractivity contribution is 7.47. The van der Waals surface area contributed by atoms with Crippen LogP contribution in [0, 0.1) is 11.3 Å². The summed E-state index contributed by atoms with van der Waals surface area (Å²) < 4.78 is 35.1. The fourth-order valence-corrected chi connectivity index (χ4v) is 5.93. The Bertz CT molecular complexity index is 1130. The van der Waals surface area contributed by atoms with E-state index in [2.05, 4.69) is 23.1 Å². The molecule has 2 rings (SSSR count). The maximum absolute atomic E-state index is 12.4. The third-order valence-electron chi connectivity index (χ3n) is 8.02. The minimum atomic E-state index is -4.39. The van der Waals surface area contributed by atoms with E-state index >= 15 is 0 Å². The maximum atomic E-state index is 12.4. The first-order chi connectivity index (χ1) is 21.4. The standard InChI is InChI=1S/C32H56N5O6P/c1-3-4-5-6-7-8-9-10-11-12-13-14-15-16-17-18-23-41-24-25-42-44(38,39)43-27-32(26-33,40-2)22-21-29-19-20-30-31(34)35-28-36-37(29)30/h19-20,28H,3-18,21-25,27H2,1-2H3,(H,38,39)(H2,34,35,36)/t32-/m1/s1. The molecule has 0 bridgehead atoms. The van der Waals surface area contributed by atoms with Gasteiger partial charge in [0.2, 0.25) is 0 Å². The molecule has 0 fully saturated rings. The first kappa shape index (κ1) is 38.1. The lowest BCUT2D eigenvalue weighted by molar-refractivity contribution is -0.0184. The van der Waals surface area contributed by atoms with Crippen molar-refractivity contribution < 1.29 is 28.0 Å². The Kier molecular flexibility index (Phi) is 19.4. The van der Waals surface area contributed by atoms with Gasteiger partial charge in [0.15, 0.2) is 11.4 Å². The number of unbranched alkanes of at least 4 members (excludes halogenated alkanes) is 15. The number of anilines is 1. The molecule has 2 heterocycles. The van der Waals surface area contributed by atoms with Gasteiger partial charge < -0.3 is 20.1 Å². The number of phosphoric ester groups is 1. The van der Waals surface area contributed by atoms with Gasteiger partial charge in [0.1, 0.15) is 24.5 Å². The Hall–Kier alpha value is -2.06. The average Bonchev–Trinajstić information content (AvgIpc) is 3.45. The number of fused-ring (bicyclic) bond motifs is 1. The summed E-state index contributed by atoms with van der Waals surface area (Å²) in [6.07, 6.45) is 23.0. The summed E-state index contributed by atoms with van der Waals surface area (Å²) >= 11 is 0. The molecule has 11 nitrogen and oxygen atoms in total. The number of aryl methyl sites for hydroxylation is 1. The van der Waals surface area contributed by atoms with Crippen LogP contribution in [0.2, 0.25) is 0 Å². The third kappa shape index (κ3) is 15.3. The minimum absolute atomic E-state index is 0.0869. The summed E-state index contributed by atoms with van der Waals surface area (Å²) in [4.78, 5) is 14.1. The average molecular weight is 638 g/mol. The van der Waals surface area contributed by atoms with Gasteiger partial charge in [0.05, 0.1) is 13.2 Å². The zero-order valence-corrected chi connectivity index (χ0v) is 28.0. The largest absolute Gasteiger partial charge is 0.472 e. The smallest absolute Gasteiger partial charge is 0.382 e. The number of rotatable bonds is 28. The lowest BCUT2D eigenvalue weighted by Gasteiger charge is -2.25. The minimum Gasteiger partial charge on any atom is -0.382 e. The zero-order valence-electron chi connectivity index (χ0n) is 27.1. The van der Waals surface area contributed by atoms with E-state index in [1.54, 1.807) is 10.6 Å². The van der Waals surface area contributed by atoms with Crippen LogP contribution in [-0.4, -0.2) is 58.6 Å². The number of hydrogen-bond acceptors (Lipinski definition) is 9. The number of nitrogens with two attached hydrogens (primary N) is 1. The highest BCUT2D eigenvalue weighted by Gasteiger charge is 2.35. The van der Waals surface area contributed by atoms with Crippen molar-refractivity contribution in [1.29, 1.82) is 5.26 Å². The SMILES string of the molecule is CCCCCCCCCCCCCCCCCCOCCOP(=O)(O)OC[C@](C#N)(CCc1ccc2c(N)ncnn12)OC. The van der Waals surface area contributed by atoms with Gasteiger partial charge in [-0.2, -0.15) is 10.4 Å². The predicted molar refractivity (Wildman–Crippen MR) is 173 cm³/mol. The van der Waals surface area contributed by atoms with Crippen molar-refractivity contribution in [2.45, 2.75) is 128 Å². The van der Waals surface area contributed by atoms with E-state index in [1.165, 1.54) is 103 Å². The van der Waals surface area contributed by atoms with Crippen LogP contribution in [0.1, 0.15) is 122 Å². The van der Waals surface area contributed by atoms with Crippen LogP contribution < -0.4 is 5.73 Å². The quantitative estimate of drug-likeness (QED) is 0.0705. The second-order valence-electron chi connectivity index (χ2n) is 11.6. The zero-order chi connectivity index (χ0) is 31.9. The molecule has 0 amide bonds. The molecule has 0 saturated heterocycles. The molecule has 0 spiro atoms. The Morgan fingerprint density at radius 3 is 2.07 bits per heavy atom. The molecule has 0 aliphatic heterocycles. The molecule has 2 atom stereocenters. The molecule has 1 unspecified atom stereocenters. The summed E-state index contributed by atoms with van der Waals surface area (Å²) in [7, 11) is -3.03. The van der Waals surface area contributed by atoms with E-state index in [0.717, 1.165) is 18.5 Å². The van der Waals surface area contributed by atoms with Crippen molar-refractivity contribution in [3.05, 3.63) is 24.2 Å². The summed E-state index contributed by atoms with van der Waals surface area (Å²) in [5, 5.41) is 14.0. The van der Waals surface area contributed by atoms with E-state index < -0.39 is 20.0 Å². The highest BCUT2D eigenvalue weighted by Crippen LogP contribution is 2.44. The van der Waals surface area contributed by atoms with Crippen molar-refractivity contribution in [1.82, 2.24) is 14.6 Å². The maximum Gasteiger partial charge on any atom is 0.472 e. The van der Waals surface area contributed by atoms with Gasteiger partial charge in [-0.05, 0) is 31.4 Å². The number of nitrogen functional groups attached to an aromatic ring is 1. The second-order valence-corrected chi connectivity index (χ2v) is 13.0. The molecular weight excluding hydrogens is 581 g/mol. The second kappa shape index (κ2) is 22.4. The van der Waals surface area contributed by atoms with Crippen LogP contribution in [0.3, 0.4) is 0 Å². The molecule has 0 radical (unpaired) electrons. The van der Waals surface area contributed by atoms with Gasteiger partial charge in [-0.3, -0.25) is 9.05 Å². The van der Waals surface area contributed by atoms with E-state index in [0.29, 0.717) is 24.4 Å². The van der Waals surface area contributed by atoms with Crippen molar-refractivity contribution >= 4 is 19.2 Å². The Morgan fingerprint density at radius 1 is 0.909 bits per heavy atom. The van der Waals surface area contributed by atoms with Crippen LogP contribution in [0.4, 0.5) is 5.82 Å². The summed E-state index contributed by atoms with van der Waals surface area (Å²) in [6, 6.07) is 5.69. The van der Waals surface area contributed by atoms with E-state index in [-0.39, 0.29) is 19.6 Å². The molecule has 0 aliphatic rings. The number of aromatic nitrogens is 3. The summed E-state index contributed by atoms with van der Waals surface area (Å²) in [5.74, 6) is 0.347. The first-order valence-electron chi connectivity index (χ1n) is 16.6. The molecule has 3 N–H and O–H groups in total. The van der Waals surface area contributed by atoms with Crippen molar-refractivity contribution in [2.24, 2.45) is 0 Å². The molecule has 44 heavy (non-hydrogen) atoms. The number of methoxy groups -OCH3 is 1. The number of nitrogens with zero attached hydrogens (tertiary/aromatic N) is 4. The number of hydrogen-bond donors (Lipinski definition) is 2. The van der Waals surface area contributed by atoms with Crippen LogP contribution >= 0.6 is 7.82 Å². The van der Waals surface area contributed by atoms with Gasteiger partial charge in [-0.1, -0.05) is 103 Å². The van der Waals surface area contributed by atoms with Crippen LogP contribution in [0.25, 0.3) is 5.52 Å². The summed E-state index contributed by atoms with van der Waals surface area (Å²) in [6.45, 7) is 2.52. The first-order valence-corrected chi connectivity index (χ1v) is 18.1. The Balaban J connectivity index is 1.47. The van der Waals surface area contributed by atoms with Crippen LogP contribution in [0.15, 0.2) is 18.5 Å². The van der Waals surface area contributed by atoms with Gasteiger partial charge in [0, 0.05) is 19.4 Å². The molecule has 250 valence electrons. The van der Waals surface area contributed by atoms with Gasteiger partial charge in [0.25, 0.3) is 0 Å². The molecule has 0 aliphatic carbocycles. The van der Waals surface area contributed by atoms with E-state index in [4.69, 9.17) is 24.3 Å². The normalized spacial score (nSPS) is 14.4. The van der Waals surface area contributed by atoms with Gasteiger partial charge >= 0.3 is 7.82 Å². The monoisotopic (exact) mass is 637 g/mol. The molecule has 0 saturated carbocycles. The third-order valence-corrected chi connectivity index (χ3v) is 8.99. The fraction of sp³-hybridized carbons (Fsp3) is 0.781. The number of nitriles is 1. The number of ether oxygens (including phenoxy) is 2. The molecular formula is C32H56N5O6P.